The topological polar surface area (TPSA) is 17.1 Å². The van der Waals surface area contributed by atoms with Crippen molar-refractivity contribution in [3.8, 4) is 0 Å². The molecule has 0 aliphatic carbocycles. The molecule has 0 saturated carbocycles. The maximum Gasteiger partial charge on any atom is 0.193 e. The molecular weight excluding hydrogens is 465 g/mol. The van der Waals surface area contributed by atoms with Gasteiger partial charge in [-0.05, 0) is 35.4 Å². The van der Waals surface area contributed by atoms with E-state index in [1.54, 1.807) is 0 Å². The van der Waals surface area contributed by atoms with Crippen LogP contribution >= 0.6 is 55.1 Å². The van der Waals surface area contributed by atoms with Crippen molar-refractivity contribution < 1.29 is 13.6 Å². The smallest absolute Gasteiger partial charge is 0.193 e. The quantitative estimate of drug-likeness (QED) is 0.377. The molecule has 0 N–H and O–H groups in total. The van der Waals surface area contributed by atoms with Crippen LogP contribution in [0.5, 0.6) is 0 Å². The number of ketones is 1. The SMILES string of the molecule is O=C(c1ccc(F)c(Cl)c1CBr)c1ccc(F)c(Cl)c1CBr. The molecule has 116 valence electrons. The minimum atomic E-state index is -0.606. The summed E-state index contributed by atoms with van der Waals surface area (Å²) in [6, 6.07) is 4.96. The molecule has 2 aromatic carbocycles. The Labute approximate surface area is 152 Å². The third-order valence-electron chi connectivity index (χ3n) is 3.15. The summed E-state index contributed by atoms with van der Waals surface area (Å²) in [6.45, 7) is 0. The molecule has 0 fully saturated rings. The number of alkyl halides is 2. The third-order valence-corrected chi connectivity index (χ3v) is 5.09. The number of rotatable bonds is 4. The third kappa shape index (κ3) is 3.23. The van der Waals surface area contributed by atoms with E-state index in [1.165, 1.54) is 12.1 Å². The van der Waals surface area contributed by atoms with E-state index in [0.717, 1.165) is 12.1 Å². The van der Waals surface area contributed by atoms with Crippen LogP contribution in [-0.2, 0) is 10.7 Å². The van der Waals surface area contributed by atoms with Crippen molar-refractivity contribution in [3.05, 3.63) is 68.2 Å². The molecule has 0 aliphatic heterocycles. The Morgan fingerprint density at radius 1 is 0.864 bits per heavy atom. The minimum absolute atomic E-state index is 0.115. The summed E-state index contributed by atoms with van der Waals surface area (Å²) in [5.74, 6) is -1.61. The zero-order valence-corrected chi connectivity index (χ0v) is 15.6. The first kappa shape index (κ1) is 17.9. The number of carbonyl (C=O) groups excluding carboxylic acids is 1. The summed E-state index contributed by atoms with van der Waals surface area (Å²) in [5.41, 5.74) is 1.17. The fourth-order valence-electron chi connectivity index (χ4n) is 2.02. The summed E-state index contributed by atoms with van der Waals surface area (Å²) in [4.78, 5) is 12.7. The van der Waals surface area contributed by atoms with Gasteiger partial charge in [-0.2, -0.15) is 0 Å². The van der Waals surface area contributed by atoms with Crippen molar-refractivity contribution in [2.75, 3.05) is 0 Å². The van der Waals surface area contributed by atoms with Gasteiger partial charge in [0, 0.05) is 21.8 Å². The summed E-state index contributed by atoms with van der Waals surface area (Å²) in [6.07, 6.45) is 0. The maximum absolute atomic E-state index is 13.5. The fraction of sp³-hybridized carbons (Fsp3) is 0.133. The van der Waals surface area contributed by atoms with Crippen LogP contribution in [0.25, 0.3) is 0 Å². The number of benzene rings is 2. The minimum Gasteiger partial charge on any atom is -0.289 e. The molecule has 0 saturated heterocycles. The molecular formula is C15H8Br2Cl2F2O. The van der Waals surface area contributed by atoms with Crippen LogP contribution in [0, 0.1) is 11.6 Å². The van der Waals surface area contributed by atoms with Crippen LogP contribution in [-0.4, -0.2) is 5.78 Å². The lowest BCUT2D eigenvalue weighted by atomic mass is 9.96. The highest BCUT2D eigenvalue weighted by Gasteiger charge is 2.22. The highest BCUT2D eigenvalue weighted by atomic mass is 79.9. The first-order valence-electron chi connectivity index (χ1n) is 6.02. The Morgan fingerprint density at radius 3 is 1.55 bits per heavy atom. The van der Waals surface area contributed by atoms with Gasteiger partial charge in [0.25, 0.3) is 0 Å². The van der Waals surface area contributed by atoms with E-state index < -0.39 is 17.4 Å². The van der Waals surface area contributed by atoms with E-state index in [-0.39, 0.29) is 31.8 Å². The molecule has 7 heteroatoms. The predicted molar refractivity (Wildman–Crippen MR) is 91.5 cm³/mol. The van der Waals surface area contributed by atoms with E-state index in [0.29, 0.717) is 11.1 Å². The van der Waals surface area contributed by atoms with Gasteiger partial charge in [-0.3, -0.25) is 4.79 Å². The lowest BCUT2D eigenvalue weighted by molar-refractivity contribution is 0.103. The molecule has 22 heavy (non-hydrogen) atoms. The second kappa shape index (κ2) is 7.39. The van der Waals surface area contributed by atoms with Gasteiger partial charge >= 0.3 is 0 Å². The van der Waals surface area contributed by atoms with Crippen molar-refractivity contribution in [2.45, 2.75) is 10.7 Å². The molecule has 0 aliphatic rings. The second-order valence-corrected chi connectivity index (χ2v) is 6.25. The van der Waals surface area contributed by atoms with E-state index in [9.17, 15) is 13.6 Å². The van der Waals surface area contributed by atoms with Gasteiger partial charge in [0.05, 0.1) is 10.0 Å². The average Bonchev–Trinajstić information content (AvgIpc) is 2.51. The van der Waals surface area contributed by atoms with Crippen LogP contribution in [0.2, 0.25) is 10.0 Å². The largest absolute Gasteiger partial charge is 0.289 e. The molecule has 0 spiro atoms. The van der Waals surface area contributed by atoms with Gasteiger partial charge in [-0.1, -0.05) is 55.1 Å². The Balaban J connectivity index is 2.64. The van der Waals surface area contributed by atoms with Crippen LogP contribution in [0.15, 0.2) is 24.3 Å². The Kier molecular flexibility index (Phi) is 6.00. The summed E-state index contributed by atoms with van der Waals surface area (Å²) in [5, 5.41) is 0.194. The molecule has 0 heterocycles. The lowest BCUT2D eigenvalue weighted by Gasteiger charge is -2.13. The molecule has 2 aromatic rings. The standard InChI is InChI=1S/C15H8Br2Cl2F2O/c16-5-9-7(1-3-11(20)13(9)18)15(22)8-2-4-12(21)14(19)10(8)6-17/h1-4H,5-6H2. The molecule has 0 atom stereocenters. The van der Waals surface area contributed by atoms with Crippen molar-refractivity contribution in [3.63, 3.8) is 0 Å². The Hall–Kier alpha value is -0.490. The number of hydrogen-bond donors (Lipinski definition) is 0. The van der Waals surface area contributed by atoms with Gasteiger partial charge in [0.2, 0.25) is 0 Å². The zero-order valence-electron chi connectivity index (χ0n) is 10.9. The normalized spacial score (nSPS) is 10.8. The average molecular weight is 473 g/mol. The lowest BCUT2D eigenvalue weighted by Crippen LogP contribution is -2.09. The molecule has 0 unspecified atom stereocenters. The van der Waals surface area contributed by atoms with Gasteiger partial charge in [0.15, 0.2) is 5.78 Å². The predicted octanol–water partition coefficient (Wildman–Crippen LogP) is 6.29. The molecule has 0 amide bonds. The Bertz CT molecular complexity index is 689. The van der Waals surface area contributed by atoms with E-state index in [1.807, 2.05) is 0 Å². The van der Waals surface area contributed by atoms with E-state index >= 15 is 0 Å². The second-order valence-electron chi connectivity index (χ2n) is 4.37. The fourth-order valence-corrected chi connectivity index (χ4v) is 3.97. The van der Waals surface area contributed by atoms with Crippen molar-refractivity contribution >= 4 is 60.8 Å². The van der Waals surface area contributed by atoms with Crippen molar-refractivity contribution in [1.82, 2.24) is 0 Å². The highest BCUT2D eigenvalue weighted by Crippen LogP contribution is 2.31. The van der Waals surface area contributed by atoms with Gasteiger partial charge < -0.3 is 0 Å². The maximum atomic E-state index is 13.5. The van der Waals surface area contributed by atoms with Gasteiger partial charge in [0.1, 0.15) is 11.6 Å². The summed E-state index contributed by atoms with van der Waals surface area (Å²) >= 11 is 18.2. The van der Waals surface area contributed by atoms with Crippen molar-refractivity contribution in [1.29, 1.82) is 0 Å². The highest BCUT2D eigenvalue weighted by molar-refractivity contribution is 9.08. The Morgan fingerprint density at radius 2 is 1.23 bits per heavy atom. The number of halogens is 6. The summed E-state index contributed by atoms with van der Waals surface area (Å²) < 4.78 is 27.1. The number of hydrogen-bond acceptors (Lipinski definition) is 1. The zero-order chi connectivity index (χ0) is 16.4. The van der Waals surface area contributed by atoms with Crippen LogP contribution in [0.1, 0.15) is 27.0 Å². The van der Waals surface area contributed by atoms with Crippen molar-refractivity contribution in [2.24, 2.45) is 0 Å². The summed E-state index contributed by atoms with van der Waals surface area (Å²) in [7, 11) is 0. The first-order valence-corrected chi connectivity index (χ1v) is 9.02. The molecule has 0 bridgehead atoms. The van der Waals surface area contributed by atoms with E-state index in [4.69, 9.17) is 23.2 Å². The van der Waals surface area contributed by atoms with Gasteiger partial charge in [-0.25, -0.2) is 8.78 Å². The van der Waals surface area contributed by atoms with Gasteiger partial charge in [-0.15, -0.1) is 0 Å². The van der Waals surface area contributed by atoms with Crippen LogP contribution in [0.3, 0.4) is 0 Å². The van der Waals surface area contributed by atoms with Crippen LogP contribution in [0.4, 0.5) is 8.78 Å². The molecule has 2 rings (SSSR count). The van der Waals surface area contributed by atoms with Crippen LogP contribution < -0.4 is 0 Å². The molecule has 1 nitrogen and oxygen atoms in total. The number of carbonyl (C=O) groups is 1. The van der Waals surface area contributed by atoms with E-state index in [2.05, 4.69) is 31.9 Å². The monoisotopic (exact) mass is 470 g/mol. The first-order chi connectivity index (χ1) is 10.4. The molecule has 0 radical (unpaired) electrons. The molecule has 0 aromatic heterocycles.